The summed E-state index contributed by atoms with van der Waals surface area (Å²) in [5.41, 5.74) is 9.99. The van der Waals surface area contributed by atoms with E-state index in [1.807, 2.05) is 0 Å². The second-order valence-corrected chi connectivity index (χ2v) is 22.0. The maximum Gasteiger partial charge on any atom is 0.170 e. The molecule has 2 heterocycles. The largest absolute Gasteiger partial charge is 0.449 e. The van der Waals surface area contributed by atoms with Gasteiger partial charge in [-0.3, -0.25) is 0 Å². The van der Waals surface area contributed by atoms with Crippen LogP contribution in [0.2, 0.25) is 0 Å². The Morgan fingerprint density at radius 1 is 0.340 bits per heavy atom. The first kappa shape index (κ1) is 36.1. The molecule has 4 aliphatic rings. The molecule has 53 heavy (non-hydrogen) atoms. The third-order valence-corrected chi connectivity index (χ3v) is 12.4. The average Bonchev–Trinajstić information content (AvgIpc) is 3.36. The van der Waals surface area contributed by atoms with E-state index in [9.17, 15) is 0 Å². The van der Waals surface area contributed by atoms with E-state index >= 15 is 0 Å². The zero-order valence-corrected chi connectivity index (χ0v) is 35.2. The SMILES string of the molecule is CC(C)(C)c1cc2c(cc1C(C)(C)C)Oc1cc3c(cc1O2)C(C)(C)CC31CC(C)(C)c2cc3c(cc21)Oc1cc(C(C)(C)C)c(C(C)(C)C)cc1O3. The van der Waals surface area contributed by atoms with Crippen LogP contribution in [-0.4, -0.2) is 0 Å². The number of hydrogen-bond acceptors (Lipinski definition) is 4. The Morgan fingerprint density at radius 3 is 0.774 bits per heavy atom. The second kappa shape index (κ2) is 10.6. The van der Waals surface area contributed by atoms with Gasteiger partial charge in [-0.1, -0.05) is 111 Å². The maximum absolute atomic E-state index is 6.85. The van der Waals surface area contributed by atoms with Gasteiger partial charge >= 0.3 is 0 Å². The summed E-state index contributed by atoms with van der Waals surface area (Å²) in [7, 11) is 0. The van der Waals surface area contributed by atoms with E-state index < -0.39 is 0 Å². The van der Waals surface area contributed by atoms with Gasteiger partial charge in [0.15, 0.2) is 46.0 Å². The molecule has 0 saturated heterocycles. The van der Waals surface area contributed by atoms with Crippen molar-refractivity contribution in [3.8, 4) is 46.0 Å². The van der Waals surface area contributed by atoms with Gasteiger partial charge in [0.1, 0.15) is 0 Å². The third-order valence-electron chi connectivity index (χ3n) is 12.4. The number of fused-ring (bicyclic) bond motifs is 8. The highest BCUT2D eigenvalue weighted by Gasteiger charge is 2.57. The molecule has 0 amide bonds. The van der Waals surface area contributed by atoms with E-state index in [4.69, 9.17) is 18.9 Å². The number of rotatable bonds is 0. The molecule has 0 fully saturated rings. The standard InChI is InChI=1S/C49H60O4/c1-43(2,3)27-17-35-37(19-29(27)45(7,8)9)52-41-23-33-31(21-39(41)50-35)47(13,14)25-49(33)26-48(15,16)32-22-40-42(24-34(32)49)53-38-20-30(46(10,11)12)28(44(4,5)6)18-36(38)51-40/h17-24H,25-26H2,1-16H3. The summed E-state index contributed by atoms with van der Waals surface area (Å²) in [4.78, 5) is 0. The Bertz CT molecular complexity index is 2060. The highest BCUT2D eigenvalue weighted by atomic mass is 16.6. The van der Waals surface area contributed by atoms with Gasteiger partial charge in [-0.2, -0.15) is 0 Å². The smallest absolute Gasteiger partial charge is 0.170 e. The van der Waals surface area contributed by atoms with Crippen LogP contribution in [0, 0.1) is 0 Å². The van der Waals surface area contributed by atoms with Crippen LogP contribution in [-0.2, 0) is 37.9 Å². The van der Waals surface area contributed by atoms with Crippen molar-refractivity contribution in [1.82, 2.24) is 0 Å². The maximum atomic E-state index is 6.85. The van der Waals surface area contributed by atoms with Gasteiger partial charge < -0.3 is 18.9 Å². The number of hydrogen-bond donors (Lipinski definition) is 0. The average molecular weight is 713 g/mol. The summed E-state index contributed by atoms with van der Waals surface area (Å²) >= 11 is 0. The van der Waals surface area contributed by atoms with E-state index in [-0.39, 0.29) is 37.9 Å². The van der Waals surface area contributed by atoms with Crippen molar-refractivity contribution < 1.29 is 18.9 Å². The zero-order chi connectivity index (χ0) is 38.6. The van der Waals surface area contributed by atoms with Crippen LogP contribution in [0.25, 0.3) is 0 Å². The number of ether oxygens (including phenoxy) is 4. The molecule has 2 aliphatic heterocycles. The van der Waals surface area contributed by atoms with Crippen LogP contribution in [0.5, 0.6) is 46.0 Å². The van der Waals surface area contributed by atoms with Crippen LogP contribution < -0.4 is 18.9 Å². The molecule has 0 unspecified atom stereocenters. The fourth-order valence-electron chi connectivity index (χ4n) is 10.0. The van der Waals surface area contributed by atoms with Crippen molar-refractivity contribution in [1.29, 1.82) is 0 Å². The lowest BCUT2D eigenvalue weighted by Gasteiger charge is -2.33. The van der Waals surface area contributed by atoms with Crippen LogP contribution in [0.1, 0.15) is 168 Å². The molecule has 4 heteroatoms. The highest BCUT2D eigenvalue weighted by Crippen LogP contribution is 2.66. The molecule has 1 spiro atoms. The van der Waals surface area contributed by atoms with Gasteiger partial charge in [-0.25, -0.2) is 0 Å². The van der Waals surface area contributed by atoms with Crippen molar-refractivity contribution in [3.63, 3.8) is 0 Å². The first-order valence-electron chi connectivity index (χ1n) is 19.7. The molecule has 0 saturated carbocycles. The van der Waals surface area contributed by atoms with Crippen molar-refractivity contribution in [2.24, 2.45) is 0 Å². The summed E-state index contributed by atoms with van der Waals surface area (Å²) in [6.07, 6.45) is 1.98. The van der Waals surface area contributed by atoms with Gasteiger partial charge in [0.2, 0.25) is 0 Å². The predicted octanol–water partition coefficient (Wildman–Crippen LogP) is 14.3. The minimum atomic E-state index is -0.214. The Morgan fingerprint density at radius 2 is 0.547 bits per heavy atom. The molecule has 280 valence electrons. The van der Waals surface area contributed by atoms with Crippen LogP contribution in [0.4, 0.5) is 0 Å². The van der Waals surface area contributed by atoms with E-state index in [1.165, 1.54) is 44.5 Å². The predicted molar refractivity (Wildman–Crippen MR) is 217 cm³/mol. The van der Waals surface area contributed by atoms with E-state index in [2.05, 4.69) is 159 Å². The molecular weight excluding hydrogens is 653 g/mol. The summed E-state index contributed by atoms with van der Waals surface area (Å²) in [6.45, 7) is 36.8. The van der Waals surface area contributed by atoms with Gasteiger partial charge in [-0.05, 0) is 138 Å². The Hall–Kier alpha value is -3.92. The zero-order valence-electron chi connectivity index (χ0n) is 35.2. The molecule has 2 aliphatic carbocycles. The fraction of sp³-hybridized carbons (Fsp3) is 0.510. The quantitative estimate of drug-likeness (QED) is 0.157. The van der Waals surface area contributed by atoms with E-state index in [0.29, 0.717) is 0 Å². The van der Waals surface area contributed by atoms with E-state index in [0.717, 1.165) is 58.8 Å². The molecular formula is C49H60O4. The number of benzene rings is 4. The Labute approximate surface area is 318 Å². The van der Waals surface area contributed by atoms with Gasteiger partial charge in [0, 0.05) is 5.41 Å². The molecule has 0 N–H and O–H groups in total. The molecule has 4 aromatic rings. The Kier molecular flexibility index (Phi) is 7.24. The molecule has 0 bridgehead atoms. The molecule has 0 aromatic heterocycles. The van der Waals surface area contributed by atoms with Crippen LogP contribution >= 0.6 is 0 Å². The lowest BCUT2D eigenvalue weighted by molar-refractivity contribution is 0.347. The molecule has 0 atom stereocenters. The topological polar surface area (TPSA) is 36.9 Å². The fourth-order valence-corrected chi connectivity index (χ4v) is 10.0. The highest BCUT2D eigenvalue weighted by molar-refractivity contribution is 5.69. The van der Waals surface area contributed by atoms with Crippen molar-refractivity contribution in [2.45, 2.75) is 162 Å². The minimum absolute atomic E-state index is 0.0312. The summed E-state index contributed by atoms with van der Waals surface area (Å²) in [5.74, 6) is 6.34. The van der Waals surface area contributed by atoms with Crippen molar-refractivity contribution in [3.05, 3.63) is 93.0 Å². The lowest BCUT2D eigenvalue weighted by Crippen LogP contribution is -2.27. The third kappa shape index (κ3) is 5.51. The van der Waals surface area contributed by atoms with Crippen molar-refractivity contribution in [2.75, 3.05) is 0 Å². The summed E-state index contributed by atoms with van der Waals surface area (Å²) in [5, 5.41) is 0. The summed E-state index contributed by atoms with van der Waals surface area (Å²) in [6, 6.07) is 18.0. The van der Waals surface area contributed by atoms with Gasteiger partial charge in [-0.15, -0.1) is 0 Å². The second-order valence-electron chi connectivity index (χ2n) is 22.0. The summed E-state index contributed by atoms with van der Waals surface area (Å²) < 4.78 is 27.2. The first-order valence-corrected chi connectivity index (χ1v) is 19.7. The van der Waals surface area contributed by atoms with Gasteiger partial charge in [0.05, 0.1) is 0 Å². The van der Waals surface area contributed by atoms with Crippen LogP contribution in [0.15, 0.2) is 48.5 Å². The molecule has 0 radical (unpaired) electrons. The normalized spacial score (nSPS) is 18.7. The molecule has 4 nitrogen and oxygen atoms in total. The molecule has 4 aromatic carbocycles. The molecule has 8 rings (SSSR count). The van der Waals surface area contributed by atoms with Gasteiger partial charge in [0.25, 0.3) is 0 Å². The van der Waals surface area contributed by atoms with Crippen molar-refractivity contribution >= 4 is 0 Å². The monoisotopic (exact) mass is 712 g/mol. The first-order chi connectivity index (χ1) is 24.2. The lowest BCUT2D eigenvalue weighted by atomic mass is 9.72. The minimum Gasteiger partial charge on any atom is -0.449 e. The van der Waals surface area contributed by atoms with Crippen LogP contribution in [0.3, 0.4) is 0 Å². The van der Waals surface area contributed by atoms with E-state index in [1.54, 1.807) is 0 Å². The Balaban J connectivity index is 1.25.